The van der Waals surface area contributed by atoms with E-state index in [0.717, 1.165) is 35.1 Å². The van der Waals surface area contributed by atoms with Gasteiger partial charge in [0.15, 0.2) is 11.2 Å². The van der Waals surface area contributed by atoms with Gasteiger partial charge in [0.05, 0.1) is 11.6 Å². The summed E-state index contributed by atoms with van der Waals surface area (Å²) in [4.78, 5) is 28.9. The number of hydrogen-bond donors (Lipinski definition) is 0. The van der Waals surface area contributed by atoms with Crippen LogP contribution in [-0.4, -0.2) is 24.3 Å². The predicted molar refractivity (Wildman–Crippen MR) is 97.1 cm³/mol. The van der Waals surface area contributed by atoms with E-state index in [1.54, 1.807) is 18.2 Å². The zero-order valence-corrected chi connectivity index (χ0v) is 15.1. The molecule has 2 aromatic carbocycles. The monoisotopic (exact) mass is 397 g/mol. The zero-order chi connectivity index (χ0) is 17.2. The van der Waals surface area contributed by atoms with Crippen LogP contribution in [0.15, 0.2) is 46.9 Å². The number of esters is 1. The predicted octanol–water partition coefficient (Wildman–Crippen LogP) is 3.76. The maximum Gasteiger partial charge on any atom is 0.327 e. The van der Waals surface area contributed by atoms with Gasteiger partial charge in [-0.2, -0.15) is 0 Å². The molecule has 0 aliphatic carbocycles. The van der Waals surface area contributed by atoms with Crippen molar-refractivity contribution in [1.29, 1.82) is 0 Å². The van der Waals surface area contributed by atoms with Crippen molar-refractivity contribution in [2.75, 3.05) is 11.4 Å². The number of nitrogens with zero attached hydrogens (tertiary/aromatic N) is 1. The average Bonchev–Trinajstić information content (AvgIpc) is 3.11. The van der Waals surface area contributed by atoms with Gasteiger partial charge in [-0.25, -0.2) is 0 Å². The third-order valence-electron chi connectivity index (χ3n) is 5.75. The normalized spacial score (nSPS) is 26.9. The van der Waals surface area contributed by atoms with Crippen molar-refractivity contribution in [1.82, 2.24) is 0 Å². The molecular formula is C20H16BrNO3. The van der Waals surface area contributed by atoms with E-state index < -0.39 is 11.4 Å². The van der Waals surface area contributed by atoms with Crippen LogP contribution in [0.1, 0.15) is 28.8 Å². The highest BCUT2D eigenvalue weighted by molar-refractivity contribution is 9.10. The maximum absolute atomic E-state index is 13.6. The minimum Gasteiger partial charge on any atom is -0.425 e. The molecule has 0 aromatic heterocycles. The SMILES string of the molecule is O=C1Oc2ccc(Br)cc2C(=O)[C@]12Cc1ccccc1N1CCC[C@@H]12. The lowest BCUT2D eigenvalue weighted by molar-refractivity contribution is -0.145. The lowest BCUT2D eigenvalue weighted by Crippen LogP contribution is -2.61. The molecule has 5 rings (SSSR count). The fourth-order valence-corrected chi connectivity index (χ4v) is 5.02. The van der Waals surface area contributed by atoms with Crippen molar-refractivity contribution in [2.24, 2.45) is 5.41 Å². The van der Waals surface area contributed by atoms with Crippen LogP contribution in [0, 0.1) is 5.41 Å². The van der Waals surface area contributed by atoms with Crippen LogP contribution in [0.3, 0.4) is 0 Å². The van der Waals surface area contributed by atoms with Crippen LogP contribution in [0.2, 0.25) is 0 Å². The topological polar surface area (TPSA) is 46.6 Å². The first-order valence-electron chi connectivity index (χ1n) is 8.52. The van der Waals surface area contributed by atoms with Crippen LogP contribution < -0.4 is 9.64 Å². The minimum absolute atomic E-state index is 0.105. The third-order valence-corrected chi connectivity index (χ3v) is 6.24. The molecule has 4 nitrogen and oxygen atoms in total. The molecule has 0 unspecified atom stereocenters. The largest absolute Gasteiger partial charge is 0.425 e. The molecule has 0 amide bonds. The number of Topliss-reactive ketones (excluding diaryl/α,β-unsaturated/α-hetero) is 1. The van der Waals surface area contributed by atoms with Crippen LogP contribution in [-0.2, 0) is 11.2 Å². The first-order valence-corrected chi connectivity index (χ1v) is 9.32. The Kier molecular flexibility index (Phi) is 3.14. The summed E-state index contributed by atoms with van der Waals surface area (Å²) in [5.74, 6) is -0.141. The third kappa shape index (κ3) is 1.93. The molecule has 1 saturated heterocycles. The molecule has 2 aromatic rings. The van der Waals surface area contributed by atoms with E-state index in [9.17, 15) is 9.59 Å². The smallest absolute Gasteiger partial charge is 0.327 e. The van der Waals surface area contributed by atoms with Crippen molar-refractivity contribution in [3.63, 3.8) is 0 Å². The number of carbonyl (C=O) groups is 2. The van der Waals surface area contributed by atoms with Crippen molar-refractivity contribution in [2.45, 2.75) is 25.3 Å². The summed E-state index contributed by atoms with van der Waals surface area (Å²) in [7, 11) is 0. The molecule has 3 aliphatic heterocycles. The van der Waals surface area contributed by atoms with Crippen molar-refractivity contribution in [3.05, 3.63) is 58.1 Å². The Hall–Kier alpha value is -2.14. The van der Waals surface area contributed by atoms with Gasteiger partial charge in [0.2, 0.25) is 0 Å². The molecule has 5 heteroatoms. The number of para-hydroxylation sites is 1. The van der Waals surface area contributed by atoms with E-state index in [1.165, 1.54) is 0 Å². The Morgan fingerprint density at radius 2 is 2.00 bits per heavy atom. The van der Waals surface area contributed by atoms with E-state index in [1.807, 2.05) is 18.2 Å². The summed E-state index contributed by atoms with van der Waals surface area (Å²) in [6.07, 6.45) is 2.22. The Bertz CT molecular complexity index is 925. The van der Waals surface area contributed by atoms with Gasteiger partial charge < -0.3 is 9.64 Å². The highest BCUT2D eigenvalue weighted by Gasteiger charge is 2.61. The quantitative estimate of drug-likeness (QED) is 0.385. The van der Waals surface area contributed by atoms with E-state index in [0.29, 0.717) is 17.7 Å². The van der Waals surface area contributed by atoms with E-state index in [4.69, 9.17) is 4.74 Å². The number of rotatable bonds is 0. The standard InChI is InChI=1S/C20H16BrNO3/c21-13-7-8-16-14(10-13)18(23)20(19(24)25-16)11-12-4-1-2-5-15(12)22-9-3-6-17(20)22/h1-2,4-5,7-8,10,17H,3,6,9,11H2/t17-,20-/m1/s1. The first kappa shape index (κ1) is 15.1. The maximum atomic E-state index is 13.6. The first-order chi connectivity index (χ1) is 12.1. The molecule has 0 N–H and O–H groups in total. The van der Waals surface area contributed by atoms with Gasteiger partial charge in [0.1, 0.15) is 5.75 Å². The summed E-state index contributed by atoms with van der Waals surface area (Å²) >= 11 is 3.42. The summed E-state index contributed by atoms with van der Waals surface area (Å²) < 4.78 is 6.48. The van der Waals surface area contributed by atoms with Crippen LogP contribution in [0.4, 0.5) is 5.69 Å². The number of anilines is 1. The van der Waals surface area contributed by atoms with Crippen molar-refractivity contribution < 1.29 is 14.3 Å². The molecule has 3 heterocycles. The minimum atomic E-state index is -1.14. The molecule has 1 fully saturated rings. The van der Waals surface area contributed by atoms with Gasteiger partial charge >= 0.3 is 5.97 Å². The second-order valence-corrected chi connectivity index (χ2v) is 7.90. The lowest BCUT2D eigenvalue weighted by Gasteiger charge is -2.47. The Labute approximate surface area is 153 Å². The van der Waals surface area contributed by atoms with Crippen molar-refractivity contribution >= 4 is 33.4 Å². The Morgan fingerprint density at radius 1 is 1.16 bits per heavy atom. The van der Waals surface area contributed by atoms with Gasteiger partial charge in [-0.3, -0.25) is 9.59 Å². The Morgan fingerprint density at radius 3 is 2.88 bits per heavy atom. The molecule has 2 atom stereocenters. The molecule has 0 bridgehead atoms. The number of hydrogen-bond acceptors (Lipinski definition) is 4. The summed E-state index contributed by atoms with van der Waals surface area (Å²) in [5, 5.41) is 0. The van der Waals surface area contributed by atoms with Gasteiger partial charge in [0, 0.05) is 16.7 Å². The van der Waals surface area contributed by atoms with E-state index in [-0.39, 0.29) is 11.8 Å². The molecule has 0 radical (unpaired) electrons. The number of halogens is 1. The molecule has 1 spiro atoms. The highest BCUT2D eigenvalue weighted by atomic mass is 79.9. The molecule has 126 valence electrons. The Balaban J connectivity index is 1.73. The highest BCUT2D eigenvalue weighted by Crippen LogP contribution is 2.51. The summed E-state index contributed by atoms with van der Waals surface area (Å²) in [6, 6.07) is 13.2. The van der Waals surface area contributed by atoms with Gasteiger partial charge in [-0.05, 0) is 49.1 Å². The van der Waals surface area contributed by atoms with Crippen LogP contribution in [0.25, 0.3) is 0 Å². The summed E-state index contributed by atoms with van der Waals surface area (Å²) in [5.41, 5.74) is 1.56. The molecular weight excluding hydrogens is 382 g/mol. The van der Waals surface area contributed by atoms with E-state index in [2.05, 4.69) is 26.9 Å². The van der Waals surface area contributed by atoms with Gasteiger partial charge in [-0.15, -0.1) is 0 Å². The van der Waals surface area contributed by atoms with E-state index >= 15 is 0 Å². The molecule has 3 aliphatic rings. The number of benzene rings is 2. The second kappa shape index (κ2) is 5.18. The zero-order valence-electron chi connectivity index (χ0n) is 13.5. The van der Waals surface area contributed by atoms with Gasteiger partial charge in [0.25, 0.3) is 0 Å². The lowest BCUT2D eigenvalue weighted by atomic mass is 9.66. The fraction of sp³-hybridized carbons (Fsp3) is 0.300. The number of fused-ring (bicyclic) bond motifs is 5. The number of carbonyl (C=O) groups excluding carboxylic acids is 2. The molecule has 25 heavy (non-hydrogen) atoms. The van der Waals surface area contributed by atoms with Gasteiger partial charge in [-0.1, -0.05) is 34.1 Å². The number of ketones is 1. The fourth-order valence-electron chi connectivity index (χ4n) is 4.66. The second-order valence-electron chi connectivity index (χ2n) is 6.99. The average molecular weight is 398 g/mol. The number of ether oxygens (including phenoxy) is 1. The van der Waals surface area contributed by atoms with Crippen LogP contribution >= 0.6 is 15.9 Å². The molecule has 0 saturated carbocycles. The summed E-state index contributed by atoms with van der Waals surface area (Å²) in [6.45, 7) is 0.870. The van der Waals surface area contributed by atoms with Crippen LogP contribution in [0.5, 0.6) is 5.75 Å². The van der Waals surface area contributed by atoms with Crippen molar-refractivity contribution in [3.8, 4) is 5.75 Å².